The summed E-state index contributed by atoms with van der Waals surface area (Å²) in [5.41, 5.74) is 0. The van der Waals surface area contributed by atoms with E-state index in [1.54, 1.807) is 16.4 Å². The van der Waals surface area contributed by atoms with Gasteiger partial charge in [-0.1, -0.05) is 55.7 Å². The zero-order chi connectivity index (χ0) is 20.6. The third-order valence-corrected chi connectivity index (χ3v) is 8.35. The summed E-state index contributed by atoms with van der Waals surface area (Å²) in [5.74, 6) is 0.321. The zero-order valence-electron chi connectivity index (χ0n) is 17.3. The van der Waals surface area contributed by atoms with Gasteiger partial charge >= 0.3 is 0 Å². The van der Waals surface area contributed by atoms with Gasteiger partial charge in [-0.05, 0) is 38.1 Å². The van der Waals surface area contributed by atoms with Gasteiger partial charge in [0, 0.05) is 36.5 Å². The average molecular weight is 415 g/mol. The van der Waals surface area contributed by atoms with Gasteiger partial charge in [0.15, 0.2) is 0 Å². The van der Waals surface area contributed by atoms with Gasteiger partial charge in [-0.25, -0.2) is 8.42 Å². The molecule has 0 radical (unpaired) electrons. The van der Waals surface area contributed by atoms with Crippen LogP contribution in [0.5, 0.6) is 0 Å². The standard InChI is InChI=1S/C23H30N2O3S/c1-17-15-24(16-18(2)25(17)23(26)20-10-4-3-5-11-20)29(27,28)22-14-8-12-19-9-6-7-13-21(19)22/h6-9,12-14,17-18,20H,3-5,10-11,15-16H2,1-2H3/t17-,18?/m1/s1. The smallest absolute Gasteiger partial charge is 0.243 e. The van der Waals surface area contributed by atoms with E-state index < -0.39 is 10.0 Å². The summed E-state index contributed by atoms with van der Waals surface area (Å²) in [5, 5.41) is 1.66. The average Bonchev–Trinajstić information content (AvgIpc) is 2.73. The molecule has 29 heavy (non-hydrogen) atoms. The first-order valence-electron chi connectivity index (χ1n) is 10.7. The molecule has 1 saturated carbocycles. The number of carbonyl (C=O) groups is 1. The van der Waals surface area contributed by atoms with E-state index in [9.17, 15) is 13.2 Å². The Labute approximate surface area is 173 Å². The third kappa shape index (κ3) is 3.80. The maximum atomic E-state index is 13.5. The van der Waals surface area contributed by atoms with Crippen molar-refractivity contribution in [1.82, 2.24) is 9.21 Å². The van der Waals surface area contributed by atoms with Gasteiger partial charge in [0.25, 0.3) is 0 Å². The predicted molar refractivity (Wildman–Crippen MR) is 115 cm³/mol. The number of rotatable bonds is 3. The van der Waals surface area contributed by atoms with Gasteiger partial charge in [0.1, 0.15) is 0 Å². The molecule has 1 aliphatic heterocycles. The molecule has 0 N–H and O–H groups in total. The molecule has 2 fully saturated rings. The van der Waals surface area contributed by atoms with Crippen LogP contribution < -0.4 is 0 Å². The summed E-state index contributed by atoms with van der Waals surface area (Å²) in [4.78, 5) is 15.4. The normalized spacial score (nSPS) is 24.7. The molecule has 4 rings (SSSR count). The second-order valence-electron chi connectivity index (χ2n) is 8.58. The molecule has 1 unspecified atom stereocenters. The number of fused-ring (bicyclic) bond motifs is 1. The van der Waals surface area contributed by atoms with Crippen LogP contribution in [0, 0.1) is 5.92 Å². The Hall–Kier alpha value is -1.92. The second kappa shape index (κ2) is 8.07. The topological polar surface area (TPSA) is 57.7 Å². The minimum Gasteiger partial charge on any atom is -0.334 e. The quantitative estimate of drug-likeness (QED) is 0.762. The fraction of sp³-hybridized carbons (Fsp3) is 0.522. The SMILES string of the molecule is CC1CN(S(=O)(=O)c2cccc3ccccc23)C[C@@H](C)N1C(=O)C1CCCCC1. The molecule has 2 aromatic carbocycles. The highest BCUT2D eigenvalue weighted by atomic mass is 32.2. The van der Waals surface area contributed by atoms with Crippen LogP contribution in [0.4, 0.5) is 0 Å². The van der Waals surface area contributed by atoms with E-state index in [1.165, 1.54) is 6.42 Å². The van der Waals surface area contributed by atoms with E-state index in [2.05, 4.69) is 0 Å². The van der Waals surface area contributed by atoms with E-state index in [0.29, 0.717) is 18.0 Å². The predicted octanol–water partition coefficient (Wildman–Crippen LogP) is 4.03. The first kappa shape index (κ1) is 20.4. The van der Waals surface area contributed by atoms with Crippen molar-refractivity contribution < 1.29 is 13.2 Å². The first-order chi connectivity index (χ1) is 13.9. The first-order valence-corrected chi connectivity index (χ1v) is 12.1. The zero-order valence-corrected chi connectivity index (χ0v) is 18.1. The largest absolute Gasteiger partial charge is 0.334 e. The lowest BCUT2D eigenvalue weighted by atomic mass is 9.87. The Morgan fingerprint density at radius 2 is 1.52 bits per heavy atom. The molecule has 0 bridgehead atoms. The maximum absolute atomic E-state index is 13.5. The molecule has 2 aliphatic rings. The summed E-state index contributed by atoms with van der Waals surface area (Å²) in [6, 6.07) is 12.7. The maximum Gasteiger partial charge on any atom is 0.243 e. The van der Waals surface area contributed by atoms with E-state index in [0.717, 1.165) is 36.5 Å². The Morgan fingerprint density at radius 1 is 0.897 bits per heavy atom. The van der Waals surface area contributed by atoms with Crippen LogP contribution in [0.25, 0.3) is 10.8 Å². The van der Waals surface area contributed by atoms with E-state index in [-0.39, 0.29) is 23.9 Å². The highest BCUT2D eigenvalue weighted by Crippen LogP contribution is 2.31. The Bertz CT molecular complexity index is 981. The number of benzene rings is 2. The van der Waals surface area contributed by atoms with Crippen LogP contribution in [-0.2, 0) is 14.8 Å². The van der Waals surface area contributed by atoms with Crippen molar-refractivity contribution in [1.29, 1.82) is 0 Å². The molecule has 1 aliphatic carbocycles. The van der Waals surface area contributed by atoms with Gasteiger partial charge in [-0.3, -0.25) is 4.79 Å². The number of nitrogens with zero attached hydrogens (tertiary/aromatic N) is 2. The molecule has 2 aromatic rings. The van der Waals surface area contributed by atoms with Crippen LogP contribution in [0.2, 0.25) is 0 Å². The molecule has 0 spiro atoms. The van der Waals surface area contributed by atoms with Gasteiger partial charge < -0.3 is 4.90 Å². The van der Waals surface area contributed by atoms with Crippen LogP contribution in [0.15, 0.2) is 47.4 Å². The number of sulfonamides is 1. The van der Waals surface area contributed by atoms with Crippen molar-refractivity contribution in [3.63, 3.8) is 0 Å². The summed E-state index contributed by atoms with van der Waals surface area (Å²) in [6.07, 6.45) is 5.38. The minimum absolute atomic E-state index is 0.106. The van der Waals surface area contributed by atoms with Gasteiger partial charge in [-0.2, -0.15) is 4.31 Å². The van der Waals surface area contributed by atoms with E-state index in [4.69, 9.17) is 0 Å². The van der Waals surface area contributed by atoms with Crippen molar-refractivity contribution in [3.05, 3.63) is 42.5 Å². The van der Waals surface area contributed by atoms with Crippen LogP contribution >= 0.6 is 0 Å². The molecular formula is C23H30N2O3S. The lowest BCUT2D eigenvalue weighted by Gasteiger charge is -2.45. The summed E-state index contributed by atoms with van der Waals surface area (Å²) < 4.78 is 28.6. The van der Waals surface area contributed by atoms with Gasteiger partial charge in [0.2, 0.25) is 15.9 Å². The molecule has 1 saturated heterocycles. The molecule has 156 valence electrons. The van der Waals surface area contributed by atoms with Crippen molar-refractivity contribution in [2.45, 2.75) is 62.9 Å². The third-order valence-electron chi connectivity index (χ3n) is 6.46. The number of amides is 1. The molecule has 2 atom stereocenters. The van der Waals surface area contributed by atoms with Gasteiger partial charge in [0.05, 0.1) is 4.90 Å². The number of hydrogen-bond donors (Lipinski definition) is 0. The summed E-state index contributed by atoms with van der Waals surface area (Å²) >= 11 is 0. The summed E-state index contributed by atoms with van der Waals surface area (Å²) in [7, 11) is -3.63. The number of carbonyl (C=O) groups excluding carboxylic acids is 1. The highest BCUT2D eigenvalue weighted by Gasteiger charge is 2.40. The minimum atomic E-state index is -3.63. The number of piperazine rings is 1. The molecule has 0 aromatic heterocycles. The van der Waals surface area contributed by atoms with Crippen LogP contribution in [0.1, 0.15) is 46.0 Å². The molecule has 6 heteroatoms. The van der Waals surface area contributed by atoms with Crippen molar-refractivity contribution in [2.24, 2.45) is 5.92 Å². The molecule has 5 nitrogen and oxygen atoms in total. The second-order valence-corrected chi connectivity index (χ2v) is 10.5. The highest BCUT2D eigenvalue weighted by molar-refractivity contribution is 7.89. The monoisotopic (exact) mass is 414 g/mol. The fourth-order valence-corrected chi connectivity index (χ4v) is 6.84. The Morgan fingerprint density at radius 3 is 2.21 bits per heavy atom. The number of hydrogen-bond acceptors (Lipinski definition) is 3. The lowest BCUT2D eigenvalue weighted by molar-refractivity contribution is -0.143. The van der Waals surface area contributed by atoms with E-state index >= 15 is 0 Å². The van der Waals surface area contributed by atoms with Crippen LogP contribution in [-0.4, -0.2) is 48.7 Å². The molecule has 1 heterocycles. The Balaban J connectivity index is 1.58. The van der Waals surface area contributed by atoms with Gasteiger partial charge in [-0.15, -0.1) is 0 Å². The van der Waals surface area contributed by atoms with Crippen LogP contribution in [0.3, 0.4) is 0 Å². The molecular weight excluding hydrogens is 384 g/mol. The fourth-order valence-electron chi connectivity index (χ4n) is 5.03. The molecule has 1 amide bonds. The Kier molecular flexibility index (Phi) is 5.67. The van der Waals surface area contributed by atoms with Crippen molar-refractivity contribution in [2.75, 3.05) is 13.1 Å². The summed E-state index contributed by atoms with van der Waals surface area (Å²) in [6.45, 7) is 4.63. The van der Waals surface area contributed by atoms with Crippen molar-refractivity contribution >= 4 is 26.7 Å². The van der Waals surface area contributed by atoms with Crippen molar-refractivity contribution in [3.8, 4) is 0 Å². The lowest BCUT2D eigenvalue weighted by Crippen LogP contribution is -2.60. The van der Waals surface area contributed by atoms with E-state index in [1.807, 2.05) is 49.1 Å².